The molecule has 0 atom stereocenters. The number of hydrogen-bond acceptors (Lipinski definition) is 3. The lowest BCUT2D eigenvalue weighted by Crippen LogP contribution is -2.26. The molecule has 7 heteroatoms. The van der Waals surface area contributed by atoms with E-state index in [-0.39, 0.29) is 17.6 Å². The van der Waals surface area contributed by atoms with Gasteiger partial charge in [-0.3, -0.25) is 0 Å². The number of allylic oxidation sites excluding steroid dienone is 2. The molecule has 0 aromatic rings. The number of hydrogen-bond donors (Lipinski definition) is 0. The Kier molecular flexibility index (Phi) is 3.29. The molecular formula is C9H13F3O3S. The number of alkyl halides is 3. The lowest BCUT2D eigenvalue weighted by molar-refractivity contribution is -0.0525. The van der Waals surface area contributed by atoms with E-state index in [1.54, 1.807) is 0 Å². The second-order valence-corrected chi connectivity index (χ2v) is 6.06. The maximum absolute atomic E-state index is 12.0. The van der Waals surface area contributed by atoms with Crippen LogP contribution in [-0.2, 0) is 14.3 Å². The monoisotopic (exact) mass is 258 g/mol. The highest BCUT2D eigenvalue weighted by molar-refractivity contribution is 7.87. The van der Waals surface area contributed by atoms with E-state index in [0.29, 0.717) is 12.8 Å². The van der Waals surface area contributed by atoms with Gasteiger partial charge >= 0.3 is 15.6 Å². The van der Waals surface area contributed by atoms with Crippen molar-refractivity contribution in [3.8, 4) is 0 Å². The Balaban J connectivity index is 2.75. The smallest absolute Gasteiger partial charge is 0.381 e. The van der Waals surface area contributed by atoms with E-state index in [4.69, 9.17) is 0 Å². The first-order valence-electron chi connectivity index (χ1n) is 4.73. The molecule has 0 radical (unpaired) electrons. The van der Waals surface area contributed by atoms with Crippen molar-refractivity contribution in [3.63, 3.8) is 0 Å². The lowest BCUT2D eigenvalue weighted by atomic mass is 9.80. The van der Waals surface area contributed by atoms with Gasteiger partial charge in [-0.05, 0) is 24.3 Å². The van der Waals surface area contributed by atoms with Gasteiger partial charge in [0.2, 0.25) is 0 Å². The van der Waals surface area contributed by atoms with E-state index >= 15 is 0 Å². The van der Waals surface area contributed by atoms with Crippen LogP contribution in [0.25, 0.3) is 0 Å². The molecule has 0 aromatic heterocycles. The van der Waals surface area contributed by atoms with Crippen molar-refractivity contribution in [2.45, 2.75) is 38.6 Å². The molecule has 0 N–H and O–H groups in total. The fourth-order valence-corrected chi connectivity index (χ4v) is 1.85. The maximum Gasteiger partial charge on any atom is 0.534 e. The molecule has 94 valence electrons. The highest BCUT2D eigenvalue weighted by Crippen LogP contribution is 2.36. The fourth-order valence-electron chi connectivity index (χ4n) is 1.32. The minimum atomic E-state index is -5.50. The van der Waals surface area contributed by atoms with Crippen LogP contribution in [0, 0.1) is 5.41 Å². The summed E-state index contributed by atoms with van der Waals surface area (Å²) < 4.78 is 61.4. The topological polar surface area (TPSA) is 43.4 Å². The zero-order chi connectivity index (χ0) is 12.6. The molecule has 0 saturated heterocycles. The van der Waals surface area contributed by atoms with Crippen molar-refractivity contribution in [2.75, 3.05) is 0 Å². The summed E-state index contributed by atoms with van der Waals surface area (Å²) in [6, 6.07) is 0. The Hall–Kier alpha value is -0.720. The molecule has 3 nitrogen and oxygen atoms in total. The summed E-state index contributed by atoms with van der Waals surface area (Å²) in [4.78, 5) is 0. The van der Waals surface area contributed by atoms with Crippen molar-refractivity contribution in [3.05, 3.63) is 11.8 Å². The van der Waals surface area contributed by atoms with Gasteiger partial charge in [0.15, 0.2) is 0 Å². The Morgan fingerprint density at radius 3 is 2.31 bits per heavy atom. The van der Waals surface area contributed by atoms with Gasteiger partial charge in [0.05, 0.1) is 0 Å². The summed E-state index contributed by atoms with van der Waals surface area (Å²) in [6.45, 7) is 3.91. The summed E-state index contributed by atoms with van der Waals surface area (Å²) in [5, 5.41) is 0. The first-order valence-corrected chi connectivity index (χ1v) is 6.14. The Morgan fingerprint density at radius 1 is 1.38 bits per heavy atom. The summed E-state index contributed by atoms with van der Waals surface area (Å²) in [5.41, 5.74) is -5.38. The van der Waals surface area contributed by atoms with E-state index < -0.39 is 15.6 Å². The van der Waals surface area contributed by atoms with Crippen LogP contribution in [0.2, 0.25) is 0 Å². The molecule has 16 heavy (non-hydrogen) atoms. The maximum atomic E-state index is 12.0. The highest BCUT2D eigenvalue weighted by Gasteiger charge is 2.49. The molecule has 0 spiro atoms. The van der Waals surface area contributed by atoms with Crippen LogP contribution < -0.4 is 0 Å². The van der Waals surface area contributed by atoms with Gasteiger partial charge in [-0.1, -0.05) is 13.8 Å². The molecule has 0 bridgehead atoms. The van der Waals surface area contributed by atoms with Gasteiger partial charge in [0.1, 0.15) is 5.76 Å². The Bertz CT molecular complexity index is 393. The third kappa shape index (κ3) is 3.13. The van der Waals surface area contributed by atoms with Crippen molar-refractivity contribution in [2.24, 2.45) is 5.41 Å². The van der Waals surface area contributed by atoms with Crippen LogP contribution in [0.5, 0.6) is 0 Å². The minimum absolute atomic E-state index is 0.0190. The van der Waals surface area contributed by atoms with Crippen LogP contribution >= 0.6 is 0 Å². The molecule has 0 saturated carbocycles. The average Bonchev–Trinajstić information content (AvgIpc) is 2.06. The standard InChI is InChI=1S/C9H13F3O3S/c1-8(2)5-3-7(4-6-8)15-16(13,14)9(10,11)12/h3H,4-6H2,1-2H3. The highest BCUT2D eigenvalue weighted by atomic mass is 32.2. The average molecular weight is 258 g/mol. The first kappa shape index (κ1) is 13.3. The number of halogens is 3. The number of rotatable bonds is 2. The van der Waals surface area contributed by atoms with Crippen molar-refractivity contribution >= 4 is 10.1 Å². The van der Waals surface area contributed by atoms with E-state index in [1.807, 2.05) is 13.8 Å². The molecular weight excluding hydrogens is 245 g/mol. The summed E-state index contributed by atoms with van der Waals surface area (Å²) >= 11 is 0. The predicted octanol–water partition coefficient (Wildman–Crippen LogP) is 2.95. The minimum Gasteiger partial charge on any atom is -0.381 e. The van der Waals surface area contributed by atoms with Gasteiger partial charge in [-0.25, -0.2) is 0 Å². The van der Waals surface area contributed by atoms with Gasteiger partial charge in [0.25, 0.3) is 0 Å². The summed E-state index contributed by atoms with van der Waals surface area (Å²) in [7, 11) is -5.50. The van der Waals surface area contributed by atoms with Crippen molar-refractivity contribution in [1.29, 1.82) is 0 Å². The zero-order valence-corrected chi connectivity index (χ0v) is 9.78. The van der Waals surface area contributed by atoms with Gasteiger partial charge < -0.3 is 4.18 Å². The van der Waals surface area contributed by atoms with Crippen LogP contribution in [0.4, 0.5) is 13.2 Å². The van der Waals surface area contributed by atoms with Crippen molar-refractivity contribution < 1.29 is 25.8 Å². The zero-order valence-electron chi connectivity index (χ0n) is 8.97. The van der Waals surface area contributed by atoms with E-state index in [1.165, 1.54) is 6.08 Å². The molecule has 0 aromatic carbocycles. The molecule has 1 aliphatic carbocycles. The third-order valence-electron chi connectivity index (χ3n) is 2.43. The second kappa shape index (κ2) is 3.94. The van der Waals surface area contributed by atoms with Gasteiger partial charge in [-0.2, -0.15) is 21.6 Å². The predicted molar refractivity (Wildman–Crippen MR) is 51.8 cm³/mol. The lowest BCUT2D eigenvalue weighted by Gasteiger charge is -2.28. The fraction of sp³-hybridized carbons (Fsp3) is 0.778. The molecule has 0 heterocycles. The summed E-state index contributed by atoms with van der Waals surface area (Å²) in [5.74, 6) is -0.114. The summed E-state index contributed by atoms with van der Waals surface area (Å²) in [6.07, 6.45) is 2.73. The van der Waals surface area contributed by atoms with Gasteiger partial charge in [0, 0.05) is 6.42 Å². The molecule has 1 rings (SSSR count). The van der Waals surface area contributed by atoms with Crippen LogP contribution in [0.3, 0.4) is 0 Å². The largest absolute Gasteiger partial charge is 0.534 e. The van der Waals surface area contributed by atoms with E-state index in [2.05, 4.69) is 4.18 Å². The van der Waals surface area contributed by atoms with E-state index in [9.17, 15) is 21.6 Å². The quantitative estimate of drug-likeness (QED) is 0.565. The van der Waals surface area contributed by atoms with Crippen molar-refractivity contribution in [1.82, 2.24) is 0 Å². The van der Waals surface area contributed by atoms with E-state index in [0.717, 1.165) is 0 Å². The molecule has 1 aliphatic rings. The van der Waals surface area contributed by atoms with Crippen LogP contribution in [0.15, 0.2) is 11.8 Å². The molecule has 0 amide bonds. The first-order chi connectivity index (χ1) is 7.04. The van der Waals surface area contributed by atoms with Crippen LogP contribution in [0.1, 0.15) is 33.1 Å². The third-order valence-corrected chi connectivity index (χ3v) is 3.43. The van der Waals surface area contributed by atoms with Gasteiger partial charge in [-0.15, -0.1) is 0 Å². The molecule has 0 unspecified atom stereocenters. The Morgan fingerprint density at radius 2 is 1.94 bits per heavy atom. The Labute approximate surface area is 92.4 Å². The SMILES string of the molecule is CC1(C)CC=C(OS(=O)(=O)C(F)(F)F)CC1. The molecule has 0 aliphatic heterocycles. The second-order valence-electron chi connectivity index (χ2n) is 4.52. The normalized spacial score (nSPS) is 21.4. The molecule has 0 fully saturated rings. The van der Waals surface area contributed by atoms with Crippen LogP contribution in [-0.4, -0.2) is 13.9 Å².